The third kappa shape index (κ3) is 3.51. The largest absolute Gasteiger partial charge is 0.541 e. The molecule has 2 aromatic rings. The van der Waals surface area contributed by atoms with Crippen molar-refractivity contribution in [2.24, 2.45) is 0 Å². The minimum absolute atomic E-state index is 0.408. The first kappa shape index (κ1) is 16.3. The highest BCUT2D eigenvalue weighted by Gasteiger charge is 2.24. The molecule has 0 fully saturated rings. The highest BCUT2D eigenvalue weighted by atomic mass is 16.5. The van der Waals surface area contributed by atoms with E-state index in [1.54, 1.807) is 19.5 Å². The van der Waals surface area contributed by atoms with Crippen LogP contribution in [0.25, 0.3) is 16.8 Å². The van der Waals surface area contributed by atoms with E-state index in [1.807, 2.05) is 18.2 Å². The lowest BCUT2D eigenvalue weighted by Crippen LogP contribution is -2.08. The second-order valence-electron chi connectivity index (χ2n) is 5.44. The lowest BCUT2D eigenvalue weighted by atomic mass is 9.83. The smallest absolute Gasteiger partial charge is 0.527 e. The summed E-state index contributed by atoms with van der Waals surface area (Å²) in [5, 5.41) is 9.47. The van der Waals surface area contributed by atoms with Crippen molar-refractivity contribution in [2.45, 2.75) is 19.7 Å². The zero-order valence-electron chi connectivity index (χ0n) is 13.7. The Balaban J connectivity index is 1.91. The van der Waals surface area contributed by atoms with Crippen LogP contribution in [0.1, 0.15) is 19.0 Å². The van der Waals surface area contributed by atoms with Gasteiger partial charge in [0.15, 0.2) is 11.5 Å². The highest BCUT2D eigenvalue weighted by Crippen LogP contribution is 2.32. The zero-order chi connectivity index (χ0) is 16.9. The van der Waals surface area contributed by atoms with Crippen LogP contribution in [-0.2, 0) is 4.65 Å². The summed E-state index contributed by atoms with van der Waals surface area (Å²) in [6, 6.07) is 5.67. The number of hydrogen-bond acceptors (Lipinski definition) is 6. The van der Waals surface area contributed by atoms with Gasteiger partial charge in [0, 0.05) is 17.5 Å². The SMILES string of the molecule is CCCOc1cc(-c2cncc(C3=COB(O)C3)n2)ccc1OC. The summed E-state index contributed by atoms with van der Waals surface area (Å²) in [7, 11) is 0.812. The van der Waals surface area contributed by atoms with Gasteiger partial charge in [-0.05, 0) is 24.6 Å². The summed E-state index contributed by atoms with van der Waals surface area (Å²) >= 11 is 0. The molecule has 0 bridgehead atoms. The molecule has 0 aliphatic carbocycles. The number of hydrogen-bond donors (Lipinski definition) is 1. The molecule has 0 amide bonds. The number of benzene rings is 1. The summed E-state index contributed by atoms with van der Waals surface area (Å²) in [6.45, 7) is 2.67. The van der Waals surface area contributed by atoms with Crippen LogP contribution in [0.5, 0.6) is 11.5 Å². The van der Waals surface area contributed by atoms with Crippen molar-refractivity contribution in [3.63, 3.8) is 0 Å². The van der Waals surface area contributed by atoms with Crippen molar-refractivity contribution in [1.82, 2.24) is 9.97 Å². The zero-order valence-corrected chi connectivity index (χ0v) is 13.7. The molecule has 0 atom stereocenters. The van der Waals surface area contributed by atoms with E-state index in [1.165, 1.54) is 6.26 Å². The first-order valence-corrected chi connectivity index (χ1v) is 7.87. The Morgan fingerprint density at radius 3 is 2.79 bits per heavy atom. The minimum atomic E-state index is -0.805. The molecule has 0 unspecified atom stereocenters. The van der Waals surface area contributed by atoms with E-state index >= 15 is 0 Å². The predicted molar refractivity (Wildman–Crippen MR) is 91.6 cm³/mol. The number of ether oxygens (including phenoxy) is 2. The van der Waals surface area contributed by atoms with E-state index in [-0.39, 0.29) is 0 Å². The Morgan fingerprint density at radius 2 is 2.08 bits per heavy atom. The molecule has 2 heterocycles. The monoisotopic (exact) mass is 326 g/mol. The Hall–Kier alpha value is -2.54. The lowest BCUT2D eigenvalue weighted by molar-refractivity contribution is 0.294. The Bertz CT molecular complexity index is 751. The maximum absolute atomic E-state index is 9.47. The molecule has 7 heteroatoms. The maximum Gasteiger partial charge on any atom is 0.527 e. The molecule has 6 nitrogen and oxygen atoms in total. The van der Waals surface area contributed by atoms with Gasteiger partial charge in [-0.2, -0.15) is 0 Å². The van der Waals surface area contributed by atoms with E-state index in [0.29, 0.717) is 30.1 Å². The average Bonchev–Trinajstić information content (AvgIpc) is 3.06. The minimum Gasteiger partial charge on any atom is -0.541 e. The van der Waals surface area contributed by atoms with Gasteiger partial charge < -0.3 is 19.2 Å². The molecule has 1 aliphatic heterocycles. The predicted octanol–water partition coefficient (Wildman–Crippen LogP) is 2.79. The Labute approximate surface area is 141 Å². The van der Waals surface area contributed by atoms with Crippen LogP contribution in [0.3, 0.4) is 0 Å². The normalized spacial score (nSPS) is 13.5. The molecule has 1 aromatic carbocycles. The van der Waals surface area contributed by atoms with Gasteiger partial charge in [0.25, 0.3) is 0 Å². The molecule has 1 aromatic heterocycles. The molecular weight excluding hydrogens is 307 g/mol. The summed E-state index contributed by atoms with van der Waals surface area (Å²) in [5.74, 6) is 1.37. The van der Waals surface area contributed by atoms with Crippen molar-refractivity contribution in [2.75, 3.05) is 13.7 Å². The van der Waals surface area contributed by atoms with E-state index < -0.39 is 7.12 Å². The number of allylic oxidation sites excluding steroid dienone is 1. The van der Waals surface area contributed by atoms with Gasteiger partial charge in [-0.15, -0.1) is 0 Å². The highest BCUT2D eigenvalue weighted by molar-refractivity contribution is 6.47. The molecule has 0 radical (unpaired) electrons. The van der Waals surface area contributed by atoms with Gasteiger partial charge in [0.05, 0.1) is 43.8 Å². The van der Waals surface area contributed by atoms with Gasteiger partial charge in [0.2, 0.25) is 0 Å². The van der Waals surface area contributed by atoms with E-state index in [4.69, 9.17) is 14.1 Å². The van der Waals surface area contributed by atoms with Gasteiger partial charge in [-0.1, -0.05) is 6.92 Å². The standard InChI is InChI=1S/C17H19BN2O4/c1-3-6-23-17-7-12(4-5-16(17)22-2)14-9-19-10-15(20-14)13-8-18(21)24-11-13/h4-5,7,9-11,21H,3,6,8H2,1-2H3. The van der Waals surface area contributed by atoms with Crippen molar-refractivity contribution < 1.29 is 19.2 Å². The quantitative estimate of drug-likeness (QED) is 0.823. The second kappa shape index (κ2) is 7.36. The van der Waals surface area contributed by atoms with E-state index in [2.05, 4.69) is 16.9 Å². The van der Waals surface area contributed by atoms with Crippen LogP contribution in [0.2, 0.25) is 6.32 Å². The Kier molecular flexibility index (Phi) is 5.00. The van der Waals surface area contributed by atoms with Gasteiger partial charge in [-0.25, -0.2) is 4.98 Å². The summed E-state index contributed by atoms with van der Waals surface area (Å²) in [5.41, 5.74) is 3.12. The number of rotatable bonds is 6. The first-order chi connectivity index (χ1) is 11.7. The van der Waals surface area contributed by atoms with Gasteiger partial charge >= 0.3 is 7.12 Å². The van der Waals surface area contributed by atoms with Crippen molar-refractivity contribution in [1.29, 1.82) is 0 Å². The molecule has 24 heavy (non-hydrogen) atoms. The van der Waals surface area contributed by atoms with Crippen LogP contribution >= 0.6 is 0 Å². The fraction of sp³-hybridized carbons (Fsp3) is 0.294. The van der Waals surface area contributed by atoms with Crippen LogP contribution < -0.4 is 9.47 Å². The van der Waals surface area contributed by atoms with Crippen LogP contribution in [-0.4, -0.2) is 35.8 Å². The van der Waals surface area contributed by atoms with Gasteiger partial charge in [-0.3, -0.25) is 4.98 Å². The molecule has 1 aliphatic rings. The Morgan fingerprint density at radius 1 is 1.25 bits per heavy atom. The van der Waals surface area contributed by atoms with E-state index in [0.717, 1.165) is 23.3 Å². The molecule has 0 saturated carbocycles. The van der Waals surface area contributed by atoms with E-state index in [9.17, 15) is 5.02 Å². The van der Waals surface area contributed by atoms with Crippen molar-refractivity contribution in [3.05, 3.63) is 42.5 Å². The lowest BCUT2D eigenvalue weighted by Gasteiger charge is -2.12. The van der Waals surface area contributed by atoms with Crippen LogP contribution in [0.4, 0.5) is 0 Å². The molecule has 3 rings (SSSR count). The summed E-state index contributed by atoms with van der Waals surface area (Å²) < 4.78 is 16.1. The van der Waals surface area contributed by atoms with Crippen LogP contribution in [0.15, 0.2) is 36.9 Å². The third-order valence-corrected chi connectivity index (χ3v) is 3.65. The second-order valence-corrected chi connectivity index (χ2v) is 5.44. The van der Waals surface area contributed by atoms with Crippen molar-refractivity contribution >= 4 is 12.7 Å². The fourth-order valence-corrected chi connectivity index (χ4v) is 2.43. The summed E-state index contributed by atoms with van der Waals surface area (Å²) in [6.07, 6.45) is 6.21. The summed E-state index contributed by atoms with van der Waals surface area (Å²) in [4.78, 5) is 8.87. The first-order valence-electron chi connectivity index (χ1n) is 7.87. The molecule has 0 spiro atoms. The number of aromatic nitrogens is 2. The fourth-order valence-electron chi connectivity index (χ4n) is 2.43. The third-order valence-electron chi connectivity index (χ3n) is 3.65. The number of nitrogens with zero attached hydrogens (tertiary/aromatic N) is 2. The number of methoxy groups -OCH3 is 1. The molecule has 0 saturated heterocycles. The van der Waals surface area contributed by atoms with Crippen molar-refractivity contribution in [3.8, 4) is 22.8 Å². The maximum atomic E-state index is 9.47. The molecule has 1 N–H and O–H groups in total. The topological polar surface area (TPSA) is 73.7 Å². The van der Waals surface area contributed by atoms with Gasteiger partial charge in [0.1, 0.15) is 0 Å². The molecule has 124 valence electrons. The van der Waals surface area contributed by atoms with Crippen LogP contribution in [0, 0.1) is 0 Å². The average molecular weight is 326 g/mol. The molecular formula is C17H19BN2O4.